The summed E-state index contributed by atoms with van der Waals surface area (Å²) in [5.41, 5.74) is 2.75. The van der Waals surface area contributed by atoms with E-state index in [1.54, 1.807) is 6.33 Å². The molecule has 2 aromatic rings. The average molecular weight is 363 g/mol. The van der Waals surface area contributed by atoms with Gasteiger partial charge in [0.15, 0.2) is 0 Å². The molecule has 1 aromatic carbocycles. The largest absolute Gasteiger partial charge is 0.396 e. The fourth-order valence-corrected chi connectivity index (χ4v) is 3.04. The molecule has 1 aromatic heterocycles. The lowest BCUT2D eigenvalue weighted by Crippen LogP contribution is -2.31. The van der Waals surface area contributed by atoms with E-state index in [4.69, 9.17) is 5.11 Å². The fourth-order valence-electron chi connectivity index (χ4n) is 2.63. The van der Waals surface area contributed by atoms with E-state index in [9.17, 15) is 0 Å². The lowest BCUT2D eigenvalue weighted by Gasteiger charge is -2.30. The second-order valence-corrected chi connectivity index (χ2v) is 6.27. The molecule has 0 atom stereocenters. The van der Waals surface area contributed by atoms with Crippen molar-refractivity contribution >= 4 is 27.6 Å². The van der Waals surface area contributed by atoms with Gasteiger partial charge < -0.3 is 15.3 Å². The first kappa shape index (κ1) is 15.2. The Labute approximate surface area is 138 Å². The van der Waals surface area contributed by atoms with E-state index in [2.05, 4.69) is 54.3 Å². The van der Waals surface area contributed by atoms with Crippen LogP contribution in [0.2, 0.25) is 0 Å². The van der Waals surface area contributed by atoms with Crippen molar-refractivity contribution in [2.24, 2.45) is 0 Å². The summed E-state index contributed by atoms with van der Waals surface area (Å²) in [5.74, 6) is 1.75. The molecule has 0 saturated carbocycles. The van der Waals surface area contributed by atoms with Gasteiger partial charge >= 0.3 is 0 Å². The van der Waals surface area contributed by atoms with E-state index < -0.39 is 0 Å². The lowest BCUT2D eigenvalue weighted by atomic mass is 10.00. The average Bonchev–Trinajstić information content (AvgIpc) is 2.55. The zero-order valence-corrected chi connectivity index (χ0v) is 13.9. The Morgan fingerprint density at radius 1 is 1.23 bits per heavy atom. The van der Waals surface area contributed by atoms with Crippen LogP contribution in [0.3, 0.4) is 0 Å². The highest BCUT2D eigenvalue weighted by Crippen LogP contribution is 2.26. The first-order chi connectivity index (χ1) is 10.8. The molecule has 0 aliphatic carbocycles. The highest BCUT2D eigenvalue weighted by atomic mass is 79.9. The molecule has 1 aliphatic rings. The number of halogens is 1. The number of aliphatic hydroxyl groups is 1. The van der Waals surface area contributed by atoms with Gasteiger partial charge in [0.2, 0.25) is 0 Å². The topological polar surface area (TPSA) is 61.3 Å². The molecular weight excluding hydrogens is 344 g/mol. The number of aromatic nitrogens is 2. The predicted molar refractivity (Wildman–Crippen MR) is 91.1 cm³/mol. The number of nitrogens with zero attached hydrogens (tertiary/aromatic N) is 3. The molecule has 0 unspecified atom stereocenters. The quantitative estimate of drug-likeness (QED) is 0.800. The first-order valence-electron chi connectivity index (χ1n) is 7.45. The van der Waals surface area contributed by atoms with E-state index in [0.29, 0.717) is 13.0 Å². The third-order valence-electron chi connectivity index (χ3n) is 3.80. The molecule has 2 heterocycles. The molecule has 2 N–H and O–H groups in total. The number of fused-ring (bicyclic) bond motifs is 1. The van der Waals surface area contributed by atoms with Gasteiger partial charge in [0, 0.05) is 36.8 Å². The Balaban J connectivity index is 1.72. The van der Waals surface area contributed by atoms with Gasteiger partial charge in [0.05, 0.1) is 0 Å². The molecule has 0 amide bonds. The molecule has 0 saturated heterocycles. The van der Waals surface area contributed by atoms with Gasteiger partial charge in [-0.3, -0.25) is 0 Å². The number of anilines is 2. The molecule has 6 heteroatoms. The van der Waals surface area contributed by atoms with Gasteiger partial charge in [-0.15, -0.1) is 0 Å². The molecule has 0 radical (unpaired) electrons. The number of hydrogen-bond acceptors (Lipinski definition) is 5. The second kappa shape index (κ2) is 7.07. The molecule has 3 rings (SSSR count). The lowest BCUT2D eigenvalue weighted by molar-refractivity contribution is 0.292. The summed E-state index contributed by atoms with van der Waals surface area (Å²) in [4.78, 5) is 10.9. The van der Waals surface area contributed by atoms with Gasteiger partial charge in [-0.25, -0.2) is 9.97 Å². The minimum absolute atomic E-state index is 0.184. The third kappa shape index (κ3) is 3.56. The molecule has 0 bridgehead atoms. The maximum absolute atomic E-state index is 8.83. The van der Waals surface area contributed by atoms with E-state index in [-0.39, 0.29) is 6.61 Å². The number of aliphatic hydroxyl groups excluding tert-OH is 1. The molecule has 0 spiro atoms. The summed E-state index contributed by atoms with van der Waals surface area (Å²) in [7, 11) is 0. The van der Waals surface area contributed by atoms with Gasteiger partial charge in [0.25, 0.3) is 0 Å². The van der Waals surface area contributed by atoms with Crippen molar-refractivity contribution in [3.05, 3.63) is 46.2 Å². The maximum atomic E-state index is 8.83. The minimum atomic E-state index is 0.184. The van der Waals surface area contributed by atoms with E-state index in [1.165, 1.54) is 11.1 Å². The maximum Gasteiger partial charge on any atom is 0.134 e. The highest BCUT2D eigenvalue weighted by molar-refractivity contribution is 9.10. The van der Waals surface area contributed by atoms with Crippen LogP contribution in [0.5, 0.6) is 0 Å². The Hall–Kier alpha value is -1.66. The van der Waals surface area contributed by atoms with Crippen LogP contribution in [-0.2, 0) is 13.0 Å². The van der Waals surface area contributed by atoms with Crippen LogP contribution in [0.1, 0.15) is 17.5 Å². The zero-order chi connectivity index (χ0) is 15.4. The Morgan fingerprint density at radius 2 is 2.14 bits per heavy atom. The summed E-state index contributed by atoms with van der Waals surface area (Å²) in [6, 6.07) is 8.44. The molecule has 22 heavy (non-hydrogen) atoms. The van der Waals surface area contributed by atoms with Crippen molar-refractivity contribution in [3.63, 3.8) is 0 Å². The molecular formula is C16H19BrN4O. The predicted octanol–water partition coefficient (Wildman–Crippen LogP) is 2.60. The van der Waals surface area contributed by atoms with E-state index in [1.807, 2.05) is 6.07 Å². The summed E-state index contributed by atoms with van der Waals surface area (Å²) in [6.45, 7) is 2.72. The fraction of sp³-hybridized carbons (Fsp3) is 0.375. The molecule has 0 fully saturated rings. The SMILES string of the molecule is OCCCNc1cc(N2CCc3cc(Br)ccc3C2)ncn1. The molecule has 1 aliphatic heterocycles. The standard InChI is InChI=1S/C16H19BrN4O/c17-14-3-2-13-10-21(6-4-12(13)8-14)16-9-15(19-11-20-16)18-5-1-7-22/h2-3,8-9,11,22H,1,4-7,10H2,(H,18,19,20). The Bertz CT molecular complexity index is 650. The van der Waals surface area contributed by atoms with Crippen molar-refractivity contribution in [3.8, 4) is 0 Å². The zero-order valence-electron chi connectivity index (χ0n) is 12.3. The van der Waals surface area contributed by atoms with Gasteiger partial charge in [-0.05, 0) is 36.1 Å². The summed E-state index contributed by atoms with van der Waals surface area (Å²) < 4.78 is 1.14. The number of rotatable bonds is 5. The number of nitrogens with one attached hydrogen (secondary N) is 1. The summed E-state index contributed by atoms with van der Waals surface area (Å²) in [6.07, 6.45) is 3.32. The van der Waals surface area contributed by atoms with Crippen LogP contribution >= 0.6 is 15.9 Å². The van der Waals surface area contributed by atoms with Crippen molar-refractivity contribution in [2.45, 2.75) is 19.4 Å². The van der Waals surface area contributed by atoms with Crippen molar-refractivity contribution < 1.29 is 5.11 Å². The number of benzene rings is 1. The minimum Gasteiger partial charge on any atom is -0.396 e. The van der Waals surface area contributed by atoms with Gasteiger partial charge in [-0.1, -0.05) is 22.0 Å². The Morgan fingerprint density at radius 3 is 3.00 bits per heavy atom. The van der Waals surface area contributed by atoms with Crippen LogP contribution < -0.4 is 10.2 Å². The highest BCUT2D eigenvalue weighted by Gasteiger charge is 2.18. The molecule has 5 nitrogen and oxygen atoms in total. The monoisotopic (exact) mass is 362 g/mol. The van der Waals surface area contributed by atoms with Crippen LogP contribution in [0, 0.1) is 0 Å². The first-order valence-corrected chi connectivity index (χ1v) is 8.24. The number of hydrogen-bond donors (Lipinski definition) is 2. The second-order valence-electron chi connectivity index (χ2n) is 5.35. The van der Waals surface area contributed by atoms with Crippen LogP contribution in [-0.4, -0.2) is 34.8 Å². The molecule has 116 valence electrons. The summed E-state index contributed by atoms with van der Waals surface area (Å²) >= 11 is 3.53. The van der Waals surface area contributed by atoms with Crippen molar-refractivity contribution in [1.29, 1.82) is 0 Å². The van der Waals surface area contributed by atoms with E-state index in [0.717, 1.165) is 35.6 Å². The van der Waals surface area contributed by atoms with Gasteiger partial charge in [-0.2, -0.15) is 0 Å². The van der Waals surface area contributed by atoms with Crippen LogP contribution in [0.25, 0.3) is 0 Å². The van der Waals surface area contributed by atoms with Crippen molar-refractivity contribution in [1.82, 2.24) is 9.97 Å². The van der Waals surface area contributed by atoms with Crippen LogP contribution in [0.4, 0.5) is 11.6 Å². The van der Waals surface area contributed by atoms with Crippen molar-refractivity contribution in [2.75, 3.05) is 29.9 Å². The van der Waals surface area contributed by atoms with Gasteiger partial charge in [0.1, 0.15) is 18.0 Å². The normalized spacial score (nSPS) is 13.8. The Kier molecular flexibility index (Phi) is 4.90. The van der Waals surface area contributed by atoms with Crippen LogP contribution in [0.15, 0.2) is 35.1 Å². The third-order valence-corrected chi connectivity index (χ3v) is 4.29. The summed E-state index contributed by atoms with van der Waals surface area (Å²) in [5, 5.41) is 12.0. The van der Waals surface area contributed by atoms with E-state index >= 15 is 0 Å². The smallest absolute Gasteiger partial charge is 0.134 e.